The van der Waals surface area contributed by atoms with Crippen LogP contribution in [0, 0.1) is 0 Å². The van der Waals surface area contributed by atoms with E-state index in [2.05, 4.69) is 0 Å². The molecular formula is C12H11N. The van der Waals surface area contributed by atoms with Crippen LogP contribution in [0.4, 0.5) is 11.4 Å². The van der Waals surface area contributed by atoms with Crippen LogP contribution in [0.1, 0.15) is 8.22 Å². The molecule has 13 heavy (non-hydrogen) atoms. The highest BCUT2D eigenvalue weighted by Gasteiger charge is 1.89. The van der Waals surface area contributed by atoms with Gasteiger partial charge >= 0.3 is 0 Å². The number of hydrogen-bond donors (Lipinski definition) is 1. The van der Waals surface area contributed by atoms with Gasteiger partial charge in [0.05, 0.1) is 8.22 Å². The zero-order valence-electron chi connectivity index (χ0n) is 13.8. The quantitative estimate of drug-likeness (QED) is 0.739. The molecule has 1 N–H and O–H groups in total. The summed E-state index contributed by atoms with van der Waals surface area (Å²) < 4.78 is 53.8. The molecule has 0 aliphatic carbocycles. The van der Waals surface area contributed by atoms with Gasteiger partial charge in [0.25, 0.3) is 0 Å². The Kier molecular flexibility index (Phi) is 0.922. The Labute approximate surface area is 87.9 Å². The molecule has 0 unspecified atom stereocenters. The molecule has 2 aromatic carbocycles. The van der Waals surface area contributed by atoms with Crippen molar-refractivity contribution in [1.82, 2.24) is 0 Å². The first kappa shape index (κ1) is 3.18. The van der Waals surface area contributed by atoms with Crippen molar-refractivity contribution < 1.29 is 9.64 Å². The van der Waals surface area contributed by atoms with Crippen molar-refractivity contribution in [3.63, 3.8) is 0 Å². The predicted octanol–water partition coefficient (Wildman–Crippen LogP) is 3.43. The fraction of sp³-hybridized carbons (Fsp3) is 0. The highest BCUT2D eigenvalue weighted by molar-refractivity contribution is 5.58. The number of benzene rings is 2. The van der Waals surface area contributed by atoms with Crippen molar-refractivity contribution in [2.45, 2.75) is 0 Å². The molecule has 64 valence electrons. The topological polar surface area (TPSA) is 12.0 Å². The summed E-state index contributed by atoms with van der Waals surface area (Å²) in [6.07, 6.45) is 0. The van der Waals surface area contributed by atoms with E-state index in [-0.39, 0.29) is 47.6 Å². The van der Waals surface area contributed by atoms with Gasteiger partial charge in [-0.05, 0) is 24.2 Å². The van der Waals surface area contributed by atoms with Gasteiger partial charge in [-0.15, -0.1) is 0 Å². The monoisotopic (exact) mass is 176 g/mol. The maximum atomic E-state index is 7.99. The van der Waals surface area contributed by atoms with E-state index < -0.39 is 0 Å². The Bertz CT molecular complexity index is 567. The molecule has 0 aliphatic heterocycles. The van der Waals surface area contributed by atoms with Crippen LogP contribution in [0.15, 0.2) is 60.5 Å². The normalized spacial score (nSPS) is 17.1. The van der Waals surface area contributed by atoms with Gasteiger partial charge in [0.2, 0.25) is 0 Å². The molecule has 0 saturated heterocycles. The molecule has 0 spiro atoms. The molecule has 0 heterocycles. The second kappa shape index (κ2) is 3.76. The molecule has 2 rings (SSSR count). The summed E-state index contributed by atoms with van der Waals surface area (Å²) in [7, 11) is 0. The zero-order chi connectivity index (χ0) is 15.0. The summed E-state index contributed by atoms with van der Waals surface area (Å²) in [4.78, 5) is 0. The minimum atomic E-state index is -0.189. The van der Waals surface area contributed by atoms with Crippen molar-refractivity contribution in [2.75, 3.05) is 5.31 Å². The first-order valence-corrected chi connectivity index (χ1v) is 3.76. The van der Waals surface area contributed by atoms with E-state index in [9.17, 15) is 0 Å². The number of rotatable bonds is 2. The third-order valence-electron chi connectivity index (χ3n) is 1.39. The van der Waals surface area contributed by atoms with E-state index in [1.807, 2.05) is 0 Å². The Balaban J connectivity index is 2.61. The third-order valence-corrected chi connectivity index (χ3v) is 1.39. The van der Waals surface area contributed by atoms with Gasteiger partial charge < -0.3 is 5.31 Å². The average molecular weight is 176 g/mol. The summed E-state index contributed by atoms with van der Waals surface area (Å²) in [5.74, 6) is 0. The summed E-state index contributed by atoms with van der Waals surface area (Å²) in [5.41, 5.74) is -0.193. The molecule has 0 bridgehead atoms. The highest BCUT2D eigenvalue weighted by atomic mass is 14.9. The first-order chi connectivity index (χ1) is 9.31. The Hall–Kier alpha value is -1.76. The number of nitrogens with one attached hydrogen (secondary N) is 1. The molecule has 1 heteroatoms. The lowest BCUT2D eigenvalue weighted by molar-refractivity contribution is 1.55. The van der Waals surface area contributed by atoms with Gasteiger partial charge in [-0.1, -0.05) is 36.4 Å². The van der Waals surface area contributed by atoms with Gasteiger partial charge in [-0.25, -0.2) is 0 Å². The standard InChI is InChI=1S/C12H11N/c1-3-7-11(8-4-1)13-12-9-5-2-6-10-12/h1-10,13H/i1D,2D,7D,8D,9D,10D/hD. The lowest BCUT2D eigenvalue weighted by atomic mass is 10.3. The van der Waals surface area contributed by atoms with Crippen LogP contribution in [0.2, 0.25) is 1.41 Å². The van der Waals surface area contributed by atoms with Crippen molar-refractivity contribution in [3.8, 4) is 0 Å². The van der Waals surface area contributed by atoms with Gasteiger partial charge in [0, 0.05) is 11.4 Å². The van der Waals surface area contributed by atoms with Crippen LogP contribution in [-0.2, 0) is 0 Å². The van der Waals surface area contributed by atoms with Crippen LogP contribution >= 0.6 is 0 Å². The Morgan fingerprint density at radius 1 is 0.846 bits per heavy atom. The van der Waals surface area contributed by atoms with E-state index in [4.69, 9.17) is 9.64 Å². The molecule has 0 aromatic heterocycles. The second-order valence-electron chi connectivity index (χ2n) is 2.30. The summed E-state index contributed by atoms with van der Waals surface area (Å²) >= 11 is 0. The van der Waals surface area contributed by atoms with E-state index >= 15 is 0 Å². The molecule has 0 fully saturated rings. The van der Waals surface area contributed by atoms with Gasteiger partial charge in [-0.3, -0.25) is 0 Å². The summed E-state index contributed by atoms with van der Waals surface area (Å²) in [6.45, 7) is 0. The fourth-order valence-corrected chi connectivity index (χ4v) is 0.848. The van der Waals surface area contributed by atoms with E-state index in [0.29, 0.717) is 5.31 Å². The summed E-state index contributed by atoms with van der Waals surface area (Å²) in [6, 6.07) is 4.02. The second-order valence-corrected chi connectivity index (χ2v) is 2.30. The first-order valence-electron chi connectivity index (χ1n) is 7.20. The maximum absolute atomic E-state index is 7.99. The molecule has 0 aliphatic rings. The van der Waals surface area contributed by atoms with Gasteiger partial charge in [-0.2, -0.15) is 0 Å². The Morgan fingerprint density at radius 3 is 1.62 bits per heavy atom. The summed E-state index contributed by atoms with van der Waals surface area (Å²) in [5, 5.41) is 0.675. The largest absolute Gasteiger partial charge is 0.356 e. The van der Waals surface area contributed by atoms with Gasteiger partial charge in [0.15, 0.2) is 1.41 Å². The highest BCUT2D eigenvalue weighted by Crippen LogP contribution is 2.14. The van der Waals surface area contributed by atoms with Crippen LogP contribution in [-0.4, -0.2) is 0 Å². The molecule has 0 saturated carbocycles. The van der Waals surface area contributed by atoms with Crippen molar-refractivity contribution in [3.05, 3.63) is 60.5 Å². The van der Waals surface area contributed by atoms with E-state index in [1.54, 1.807) is 0 Å². The van der Waals surface area contributed by atoms with E-state index in [0.717, 1.165) is 0 Å². The molecule has 0 amide bonds. The van der Waals surface area contributed by atoms with Gasteiger partial charge in [0.1, 0.15) is 0 Å². The molecule has 0 radical (unpaired) electrons. The SMILES string of the molecule is [2H]c1cc([2H])c(N([2H])c2c([2H])cc([2H])cc2[2H])c([2H])c1. The van der Waals surface area contributed by atoms with Crippen LogP contribution in [0.5, 0.6) is 0 Å². The molecule has 0 atom stereocenters. The minimum Gasteiger partial charge on any atom is -0.356 e. The number of hydrogen-bond acceptors (Lipinski definition) is 1. The third kappa shape index (κ3) is 2.09. The Morgan fingerprint density at radius 2 is 1.23 bits per heavy atom. The molecular weight excluding hydrogens is 158 g/mol. The van der Waals surface area contributed by atoms with Crippen molar-refractivity contribution >= 4 is 11.4 Å². The van der Waals surface area contributed by atoms with Crippen molar-refractivity contribution in [2.24, 2.45) is 0 Å². The number of para-hydroxylation sites is 2. The van der Waals surface area contributed by atoms with Crippen LogP contribution in [0.25, 0.3) is 0 Å². The smallest absolute Gasteiger partial charge is 0.167 e. The lowest BCUT2D eigenvalue weighted by Crippen LogP contribution is -1.87. The molecule has 1 nitrogen and oxygen atoms in total. The van der Waals surface area contributed by atoms with Crippen LogP contribution < -0.4 is 5.31 Å². The van der Waals surface area contributed by atoms with E-state index in [1.165, 1.54) is 24.3 Å². The predicted molar refractivity (Wildman–Crippen MR) is 56.2 cm³/mol. The minimum absolute atomic E-state index is 0.00384. The van der Waals surface area contributed by atoms with Crippen molar-refractivity contribution in [1.29, 1.82) is 0 Å². The zero-order valence-corrected chi connectivity index (χ0v) is 6.76. The lowest BCUT2D eigenvalue weighted by Gasteiger charge is -2.04. The molecule has 2 aromatic rings. The maximum Gasteiger partial charge on any atom is 0.167 e. The number of anilines is 2. The fourth-order valence-electron chi connectivity index (χ4n) is 0.848. The average Bonchev–Trinajstić information content (AvgIpc) is 2.25. The van der Waals surface area contributed by atoms with Crippen LogP contribution in [0.3, 0.4) is 0 Å².